The highest BCUT2D eigenvalue weighted by Gasteiger charge is 2.03. The van der Waals surface area contributed by atoms with Crippen molar-refractivity contribution in [3.63, 3.8) is 0 Å². The monoisotopic (exact) mass is 223 g/mol. The predicted octanol–water partition coefficient (Wildman–Crippen LogP) is 1.52. The number of carbonyl (C=O) groups excluding carboxylic acids is 1. The van der Waals surface area contributed by atoms with Crippen molar-refractivity contribution in [1.82, 2.24) is 5.32 Å². The largest absolute Gasteiger partial charge is 0.445 e. The second kappa shape index (κ2) is 6.12. The lowest BCUT2D eigenvalue weighted by molar-refractivity contribution is 0.137. The number of aliphatic hydroxyl groups excluding tert-OH is 1. The van der Waals surface area contributed by atoms with Crippen LogP contribution in [0.1, 0.15) is 16.7 Å². The third kappa shape index (κ3) is 3.90. The lowest BCUT2D eigenvalue weighted by atomic mass is 10.1. The molecule has 0 aromatic heterocycles. The fraction of sp³-hybridized carbons (Fsp3) is 0.417. The van der Waals surface area contributed by atoms with Gasteiger partial charge in [-0.25, -0.2) is 4.79 Å². The number of alkyl carbamates (subject to hydrolysis) is 1. The van der Waals surface area contributed by atoms with E-state index in [1.165, 1.54) is 0 Å². The van der Waals surface area contributed by atoms with Gasteiger partial charge in [0, 0.05) is 6.54 Å². The number of aryl methyl sites for hydroxylation is 2. The highest BCUT2D eigenvalue weighted by atomic mass is 16.5. The molecule has 0 saturated carbocycles. The number of hydrogen-bond acceptors (Lipinski definition) is 3. The molecule has 0 unspecified atom stereocenters. The van der Waals surface area contributed by atoms with Crippen molar-refractivity contribution < 1.29 is 14.6 Å². The topological polar surface area (TPSA) is 58.6 Å². The van der Waals surface area contributed by atoms with Crippen LogP contribution >= 0.6 is 0 Å². The van der Waals surface area contributed by atoms with Gasteiger partial charge in [-0.3, -0.25) is 0 Å². The number of amides is 1. The van der Waals surface area contributed by atoms with Crippen LogP contribution in [0.4, 0.5) is 4.79 Å². The molecule has 0 aliphatic carbocycles. The van der Waals surface area contributed by atoms with Crippen LogP contribution in [0.3, 0.4) is 0 Å². The number of ether oxygens (including phenoxy) is 1. The van der Waals surface area contributed by atoms with E-state index in [0.29, 0.717) is 0 Å². The lowest BCUT2D eigenvalue weighted by Crippen LogP contribution is -2.27. The average molecular weight is 223 g/mol. The summed E-state index contributed by atoms with van der Waals surface area (Å²) in [4.78, 5) is 11.1. The van der Waals surface area contributed by atoms with E-state index in [4.69, 9.17) is 9.84 Å². The molecule has 0 aliphatic rings. The van der Waals surface area contributed by atoms with Gasteiger partial charge in [-0.2, -0.15) is 0 Å². The van der Waals surface area contributed by atoms with Crippen molar-refractivity contribution in [2.75, 3.05) is 13.2 Å². The molecule has 0 bridgehead atoms. The quantitative estimate of drug-likeness (QED) is 0.813. The molecule has 2 N–H and O–H groups in total. The number of hydrogen-bond donors (Lipinski definition) is 2. The molecule has 4 nitrogen and oxygen atoms in total. The van der Waals surface area contributed by atoms with Gasteiger partial charge in [-0.05, 0) is 25.0 Å². The third-order valence-electron chi connectivity index (χ3n) is 2.24. The van der Waals surface area contributed by atoms with Gasteiger partial charge in [0.25, 0.3) is 0 Å². The van der Waals surface area contributed by atoms with Gasteiger partial charge in [0.05, 0.1) is 6.61 Å². The fourth-order valence-corrected chi connectivity index (χ4v) is 1.31. The SMILES string of the molecule is Cc1ccc(C)c(COC(=O)NCCO)c1. The van der Waals surface area contributed by atoms with Gasteiger partial charge in [-0.15, -0.1) is 0 Å². The van der Waals surface area contributed by atoms with E-state index in [-0.39, 0.29) is 19.8 Å². The highest BCUT2D eigenvalue weighted by Crippen LogP contribution is 2.11. The normalized spacial score (nSPS) is 9.94. The van der Waals surface area contributed by atoms with E-state index < -0.39 is 6.09 Å². The second-order valence-electron chi connectivity index (χ2n) is 3.66. The van der Waals surface area contributed by atoms with Gasteiger partial charge < -0.3 is 15.2 Å². The zero-order valence-electron chi connectivity index (χ0n) is 9.62. The molecule has 0 aliphatic heterocycles. The van der Waals surface area contributed by atoms with Crippen molar-refractivity contribution in [3.8, 4) is 0 Å². The van der Waals surface area contributed by atoms with E-state index in [1.807, 2.05) is 32.0 Å². The minimum atomic E-state index is -0.505. The Balaban J connectivity index is 2.47. The van der Waals surface area contributed by atoms with Crippen LogP contribution in [-0.2, 0) is 11.3 Å². The van der Waals surface area contributed by atoms with Crippen LogP contribution in [-0.4, -0.2) is 24.4 Å². The molecular formula is C12H17NO3. The molecule has 1 aromatic carbocycles. The first kappa shape index (κ1) is 12.5. The Bertz CT molecular complexity index is 363. The molecule has 0 fully saturated rings. The van der Waals surface area contributed by atoms with Gasteiger partial charge in [-0.1, -0.05) is 23.8 Å². The Morgan fingerprint density at radius 2 is 2.19 bits per heavy atom. The van der Waals surface area contributed by atoms with E-state index >= 15 is 0 Å². The molecule has 1 amide bonds. The Kier molecular flexibility index (Phi) is 4.79. The molecule has 0 saturated heterocycles. The number of nitrogens with one attached hydrogen (secondary N) is 1. The lowest BCUT2D eigenvalue weighted by Gasteiger charge is -2.09. The summed E-state index contributed by atoms with van der Waals surface area (Å²) in [7, 11) is 0. The molecule has 88 valence electrons. The van der Waals surface area contributed by atoms with E-state index in [2.05, 4.69) is 5.32 Å². The Morgan fingerprint density at radius 3 is 2.88 bits per heavy atom. The molecule has 16 heavy (non-hydrogen) atoms. The van der Waals surface area contributed by atoms with Crippen LogP contribution in [0.15, 0.2) is 18.2 Å². The maximum atomic E-state index is 11.1. The molecular weight excluding hydrogens is 206 g/mol. The van der Waals surface area contributed by atoms with Gasteiger partial charge in [0.15, 0.2) is 0 Å². The highest BCUT2D eigenvalue weighted by molar-refractivity contribution is 5.67. The third-order valence-corrected chi connectivity index (χ3v) is 2.24. The summed E-state index contributed by atoms with van der Waals surface area (Å²) >= 11 is 0. The first-order chi connectivity index (χ1) is 7.63. The van der Waals surface area contributed by atoms with Gasteiger partial charge >= 0.3 is 6.09 Å². The minimum absolute atomic E-state index is 0.0847. The van der Waals surface area contributed by atoms with Crippen molar-refractivity contribution in [1.29, 1.82) is 0 Å². The van der Waals surface area contributed by atoms with Crippen molar-refractivity contribution in [2.24, 2.45) is 0 Å². The van der Waals surface area contributed by atoms with Crippen LogP contribution in [0, 0.1) is 13.8 Å². The van der Waals surface area contributed by atoms with Crippen molar-refractivity contribution in [2.45, 2.75) is 20.5 Å². The van der Waals surface area contributed by atoms with Crippen LogP contribution in [0.2, 0.25) is 0 Å². The fourth-order valence-electron chi connectivity index (χ4n) is 1.31. The molecule has 0 atom stereocenters. The van der Waals surface area contributed by atoms with Crippen molar-refractivity contribution >= 4 is 6.09 Å². The summed E-state index contributed by atoms with van der Waals surface area (Å²) in [6, 6.07) is 6.01. The van der Waals surface area contributed by atoms with Crippen LogP contribution in [0.5, 0.6) is 0 Å². The van der Waals surface area contributed by atoms with E-state index in [1.54, 1.807) is 0 Å². The van der Waals surface area contributed by atoms with Gasteiger partial charge in [0.2, 0.25) is 0 Å². The minimum Gasteiger partial charge on any atom is -0.445 e. The standard InChI is InChI=1S/C12H17NO3/c1-9-3-4-10(2)11(7-9)8-16-12(15)13-5-6-14/h3-4,7,14H,5-6,8H2,1-2H3,(H,13,15). The summed E-state index contributed by atoms with van der Waals surface area (Å²) in [6.45, 7) is 4.35. The molecule has 4 heteroatoms. The van der Waals surface area contributed by atoms with E-state index in [0.717, 1.165) is 16.7 Å². The summed E-state index contributed by atoms with van der Waals surface area (Å²) in [6.07, 6.45) is -0.505. The Hall–Kier alpha value is -1.55. The van der Waals surface area contributed by atoms with Crippen molar-refractivity contribution in [3.05, 3.63) is 34.9 Å². The number of benzene rings is 1. The predicted molar refractivity (Wildman–Crippen MR) is 61.2 cm³/mol. The summed E-state index contributed by atoms with van der Waals surface area (Å²) in [5, 5.41) is 10.9. The zero-order chi connectivity index (χ0) is 12.0. The smallest absolute Gasteiger partial charge is 0.407 e. The van der Waals surface area contributed by atoms with Gasteiger partial charge in [0.1, 0.15) is 6.61 Å². The molecule has 0 radical (unpaired) electrons. The number of aliphatic hydroxyl groups is 1. The Labute approximate surface area is 95.2 Å². The first-order valence-electron chi connectivity index (χ1n) is 5.21. The molecule has 1 rings (SSSR count). The van der Waals surface area contributed by atoms with E-state index in [9.17, 15) is 4.79 Å². The molecule has 0 spiro atoms. The second-order valence-corrected chi connectivity index (χ2v) is 3.66. The first-order valence-corrected chi connectivity index (χ1v) is 5.21. The summed E-state index contributed by atoms with van der Waals surface area (Å²) < 4.78 is 5.00. The average Bonchev–Trinajstić information content (AvgIpc) is 2.27. The molecule has 1 aromatic rings. The Morgan fingerprint density at radius 1 is 1.44 bits per heavy atom. The maximum Gasteiger partial charge on any atom is 0.407 e. The zero-order valence-corrected chi connectivity index (χ0v) is 9.62. The summed E-state index contributed by atoms with van der Waals surface area (Å²) in [5.41, 5.74) is 3.24. The number of carbonyl (C=O) groups is 1. The summed E-state index contributed by atoms with van der Waals surface area (Å²) in [5.74, 6) is 0. The maximum absolute atomic E-state index is 11.1. The van der Waals surface area contributed by atoms with Crippen LogP contribution < -0.4 is 5.32 Å². The molecule has 0 heterocycles. The van der Waals surface area contributed by atoms with Crippen LogP contribution in [0.25, 0.3) is 0 Å². The number of rotatable bonds is 4.